The van der Waals surface area contributed by atoms with Crippen LogP contribution >= 0.6 is 0 Å². The summed E-state index contributed by atoms with van der Waals surface area (Å²) in [6.07, 6.45) is 0.294. The van der Waals surface area contributed by atoms with Gasteiger partial charge in [0.25, 0.3) is 11.6 Å². The summed E-state index contributed by atoms with van der Waals surface area (Å²) in [5, 5.41) is 19.2. The van der Waals surface area contributed by atoms with Gasteiger partial charge in [-0.2, -0.15) is 0 Å². The molecule has 0 aromatic heterocycles. The Kier molecular flexibility index (Phi) is 5.65. The molecule has 114 valence electrons. The highest BCUT2D eigenvalue weighted by Gasteiger charge is 2.19. The lowest BCUT2D eigenvalue weighted by Gasteiger charge is -2.18. The first-order valence-corrected chi connectivity index (χ1v) is 6.16. The Balaban J connectivity index is 2.86. The van der Waals surface area contributed by atoms with Gasteiger partial charge in [0, 0.05) is 26.1 Å². The van der Waals surface area contributed by atoms with Crippen molar-refractivity contribution in [3.63, 3.8) is 0 Å². The molecule has 1 amide bonds. The molecule has 0 atom stereocenters. The molecule has 0 saturated heterocycles. The molecule has 0 bridgehead atoms. The smallest absolute Gasteiger partial charge is 0.303 e. The molecular weight excluding hydrogens is 280 g/mol. The molecule has 0 radical (unpaired) electrons. The van der Waals surface area contributed by atoms with E-state index >= 15 is 0 Å². The summed E-state index contributed by atoms with van der Waals surface area (Å²) in [6, 6.07) is 3.73. The number of hydrogen-bond donors (Lipinski definition) is 1. The number of hydrogen-bond acceptors (Lipinski definition) is 5. The van der Waals surface area contributed by atoms with Crippen LogP contribution in [0.25, 0.3) is 0 Å². The maximum Gasteiger partial charge on any atom is 0.303 e. The standard InChI is InChI=1S/C13H16N2O6/c1-14(7-3-4-12(16)17)13(18)10-6-5-9(15(19)20)8-11(10)21-2/h5-6,8H,3-4,7H2,1-2H3,(H,16,17). The Hall–Kier alpha value is -2.64. The van der Waals surface area contributed by atoms with Crippen molar-refractivity contribution in [2.45, 2.75) is 12.8 Å². The molecule has 8 heteroatoms. The van der Waals surface area contributed by atoms with E-state index in [0.29, 0.717) is 6.42 Å². The molecule has 0 saturated carbocycles. The number of nitro groups is 1. The highest BCUT2D eigenvalue weighted by molar-refractivity contribution is 5.97. The van der Waals surface area contributed by atoms with E-state index in [1.807, 2.05) is 0 Å². The van der Waals surface area contributed by atoms with Crippen molar-refractivity contribution in [1.82, 2.24) is 4.90 Å². The lowest BCUT2D eigenvalue weighted by Crippen LogP contribution is -2.28. The Morgan fingerprint density at radius 3 is 2.62 bits per heavy atom. The molecular formula is C13H16N2O6. The first kappa shape index (κ1) is 16.4. The number of carboxylic acids is 1. The van der Waals surface area contributed by atoms with Crippen LogP contribution in [0.5, 0.6) is 5.75 Å². The topological polar surface area (TPSA) is 110 Å². The van der Waals surface area contributed by atoms with E-state index in [9.17, 15) is 19.7 Å². The number of carbonyl (C=O) groups excluding carboxylic acids is 1. The predicted octanol–water partition coefficient (Wildman–Crippen LogP) is 1.54. The summed E-state index contributed by atoms with van der Waals surface area (Å²) >= 11 is 0. The molecule has 0 aliphatic heterocycles. The van der Waals surface area contributed by atoms with Crippen LogP contribution in [0.3, 0.4) is 0 Å². The third kappa shape index (κ3) is 4.44. The number of rotatable bonds is 7. The van der Waals surface area contributed by atoms with Gasteiger partial charge in [0.2, 0.25) is 0 Å². The van der Waals surface area contributed by atoms with Crippen molar-refractivity contribution in [2.75, 3.05) is 20.7 Å². The van der Waals surface area contributed by atoms with Crippen LogP contribution in [0.4, 0.5) is 5.69 Å². The van der Waals surface area contributed by atoms with Crippen LogP contribution in [0, 0.1) is 10.1 Å². The van der Waals surface area contributed by atoms with Gasteiger partial charge in [-0.25, -0.2) is 0 Å². The molecule has 1 N–H and O–H groups in total. The van der Waals surface area contributed by atoms with Crippen molar-refractivity contribution < 1.29 is 24.4 Å². The van der Waals surface area contributed by atoms with Crippen LogP contribution in [0.15, 0.2) is 18.2 Å². The summed E-state index contributed by atoms with van der Waals surface area (Å²) in [5.74, 6) is -1.20. The zero-order valence-corrected chi connectivity index (χ0v) is 11.7. The summed E-state index contributed by atoms with van der Waals surface area (Å²) in [4.78, 5) is 34.1. The average Bonchev–Trinajstić information content (AvgIpc) is 2.45. The van der Waals surface area contributed by atoms with E-state index in [-0.39, 0.29) is 35.9 Å². The molecule has 0 aliphatic carbocycles. The molecule has 1 aromatic carbocycles. The molecule has 0 spiro atoms. The fraction of sp³-hybridized carbons (Fsp3) is 0.385. The number of carbonyl (C=O) groups is 2. The Morgan fingerprint density at radius 1 is 1.43 bits per heavy atom. The Bertz CT molecular complexity index is 558. The number of non-ortho nitro benzene ring substituents is 1. The number of aliphatic carboxylic acids is 1. The Labute approximate surface area is 121 Å². The van der Waals surface area contributed by atoms with Gasteiger partial charge in [0.05, 0.1) is 23.7 Å². The maximum absolute atomic E-state index is 12.2. The van der Waals surface area contributed by atoms with Crippen LogP contribution in [-0.2, 0) is 4.79 Å². The zero-order chi connectivity index (χ0) is 16.0. The van der Waals surface area contributed by atoms with E-state index in [0.717, 1.165) is 0 Å². The van der Waals surface area contributed by atoms with Crippen LogP contribution in [0.2, 0.25) is 0 Å². The fourth-order valence-electron chi connectivity index (χ4n) is 1.74. The molecule has 8 nitrogen and oxygen atoms in total. The van der Waals surface area contributed by atoms with Gasteiger partial charge < -0.3 is 14.7 Å². The Morgan fingerprint density at radius 2 is 2.10 bits per heavy atom. The monoisotopic (exact) mass is 296 g/mol. The molecule has 0 unspecified atom stereocenters. The highest BCUT2D eigenvalue weighted by Crippen LogP contribution is 2.25. The van der Waals surface area contributed by atoms with Gasteiger partial charge >= 0.3 is 5.97 Å². The van der Waals surface area contributed by atoms with E-state index in [1.54, 1.807) is 0 Å². The fourth-order valence-corrected chi connectivity index (χ4v) is 1.74. The van der Waals surface area contributed by atoms with E-state index in [1.165, 1.54) is 37.3 Å². The van der Waals surface area contributed by atoms with Gasteiger partial charge in [-0.3, -0.25) is 19.7 Å². The largest absolute Gasteiger partial charge is 0.496 e. The number of benzene rings is 1. The average molecular weight is 296 g/mol. The van der Waals surface area contributed by atoms with E-state index in [2.05, 4.69) is 0 Å². The summed E-state index contributed by atoms with van der Waals surface area (Å²) in [6.45, 7) is 0.269. The van der Waals surface area contributed by atoms with Gasteiger partial charge in [-0.15, -0.1) is 0 Å². The van der Waals surface area contributed by atoms with Crippen molar-refractivity contribution in [3.05, 3.63) is 33.9 Å². The minimum atomic E-state index is -0.927. The number of nitro benzene ring substituents is 1. The normalized spacial score (nSPS) is 10.0. The van der Waals surface area contributed by atoms with Crippen molar-refractivity contribution in [3.8, 4) is 5.75 Å². The van der Waals surface area contributed by atoms with Gasteiger partial charge in [0.1, 0.15) is 5.75 Å². The minimum absolute atomic E-state index is 0.0327. The molecule has 0 heterocycles. The molecule has 0 aliphatic rings. The second kappa shape index (κ2) is 7.22. The third-order valence-electron chi connectivity index (χ3n) is 2.86. The van der Waals surface area contributed by atoms with Gasteiger partial charge in [0.15, 0.2) is 0 Å². The van der Waals surface area contributed by atoms with Crippen LogP contribution in [-0.4, -0.2) is 47.5 Å². The SMILES string of the molecule is COc1cc([N+](=O)[O-])ccc1C(=O)N(C)CCCC(=O)O. The number of ether oxygens (including phenoxy) is 1. The highest BCUT2D eigenvalue weighted by atomic mass is 16.6. The lowest BCUT2D eigenvalue weighted by molar-refractivity contribution is -0.384. The van der Waals surface area contributed by atoms with Gasteiger partial charge in [-0.05, 0) is 12.5 Å². The quantitative estimate of drug-likeness (QED) is 0.603. The first-order chi connectivity index (χ1) is 9.86. The van der Waals surface area contributed by atoms with Crippen LogP contribution < -0.4 is 4.74 Å². The molecule has 1 rings (SSSR count). The van der Waals surface area contributed by atoms with Crippen molar-refractivity contribution in [1.29, 1.82) is 0 Å². The molecule has 0 fully saturated rings. The van der Waals surface area contributed by atoms with Crippen molar-refractivity contribution >= 4 is 17.6 Å². The summed E-state index contributed by atoms with van der Waals surface area (Å²) in [5.41, 5.74) is 0.0258. The summed E-state index contributed by atoms with van der Waals surface area (Å²) in [7, 11) is 2.85. The molecule has 1 aromatic rings. The minimum Gasteiger partial charge on any atom is -0.496 e. The number of nitrogens with zero attached hydrogens (tertiary/aromatic N) is 2. The van der Waals surface area contributed by atoms with Crippen LogP contribution in [0.1, 0.15) is 23.2 Å². The zero-order valence-electron chi connectivity index (χ0n) is 11.7. The number of methoxy groups -OCH3 is 1. The predicted molar refractivity (Wildman–Crippen MR) is 73.5 cm³/mol. The second-order valence-corrected chi connectivity index (χ2v) is 4.37. The third-order valence-corrected chi connectivity index (χ3v) is 2.86. The summed E-state index contributed by atoms with van der Waals surface area (Å²) < 4.78 is 5.00. The molecule has 21 heavy (non-hydrogen) atoms. The maximum atomic E-state index is 12.2. The first-order valence-electron chi connectivity index (χ1n) is 6.16. The van der Waals surface area contributed by atoms with Crippen molar-refractivity contribution in [2.24, 2.45) is 0 Å². The lowest BCUT2D eigenvalue weighted by atomic mass is 10.1. The van der Waals surface area contributed by atoms with E-state index in [4.69, 9.17) is 9.84 Å². The van der Waals surface area contributed by atoms with Gasteiger partial charge in [-0.1, -0.05) is 0 Å². The second-order valence-electron chi connectivity index (χ2n) is 4.37. The number of amides is 1. The number of carboxylic acid groups (broad SMARTS) is 1. The van der Waals surface area contributed by atoms with E-state index < -0.39 is 10.9 Å².